The molecule has 3 amide bonds. The number of nitrogens with zero attached hydrogens (tertiary/aromatic N) is 3. The molecule has 0 aromatic carbocycles. The van der Waals surface area contributed by atoms with Gasteiger partial charge >= 0.3 is 6.03 Å². The molecule has 126 valence electrons. The first-order valence-corrected chi connectivity index (χ1v) is 7.72. The van der Waals surface area contributed by atoms with Crippen LogP contribution in [0.4, 0.5) is 4.79 Å². The molecule has 1 fully saturated rings. The maximum Gasteiger partial charge on any atom is 0.325 e. The summed E-state index contributed by atoms with van der Waals surface area (Å²) < 4.78 is 5.68. The van der Waals surface area contributed by atoms with E-state index in [-0.39, 0.29) is 17.9 Å². The number of carbonyl (C=O) groups is 2. The fourth-order valence-corrected chi connectivity index (χ4v) is 2.54. The van der Waals surface area contributed by atoms with Gasteiger partial charge in [-0.3, -0.25) is 14.7 Å². The highest BCUT2D eigenvalue weighted by molar-refractivity contribution is 6.06. The van der Waals surface area contributed by atoms with Gasteiger partial charge in [0.05, 0.1) is 11.9 Å². The number of nitrogens with one attached hydrogen (secondary N) is 1. The first-order valence-electron chi connectivity index (χ1n) is 7.72. The van der Waals surface area contributed by atoms with Crippen molar-refractivity contribution in [1.29, 1.82) is 0 Å². The molecule has 2 aromatic rings. The molecule has 0 aliphatic carbocycles. The number of amides is 3. The second-order valence-corrected chi connectivity index (χ2v) is 7.03. The van der Waals surface area contributed by atoms with Crippen LogP contribution >= 0.6 is 0 Å². The van der Waals surface area contributed by atoms with E-state index in [4.69, 9.17) is 4.42 Å². The van der Waals surface area contributed by atoms with Crippen LogP contribution in [0.5, 0.6) is 0 Å². The highest BCUT2D eigenvalue weighted by atomic mass is 16.4. The zero-order chi connectivity index (χ0) is 17.5. The molecule has 24 heavy (non-hydrogen) atoms. The Bertz CT molecular complexity index is 779. The molecule has 0 bridgehead atoms. The predicted octanol–water partition coefficient (Wildman–Crippen LogP) is 2.33. The Balaban J connectivity index is 1.84. The summed E-state index contributed by atoms with van der Waals surface area (Å²) in [5.74, 6) is 0.660. The first kappa shape index (κ1) is 16.2. The summed E-state index contributed by atoms with van der Waals surface area (Å²) >= 11 is 0. The number of rotatable bonds is 3. The van der Waals surface area contributed by atoms with E-state index in [1.54, 1.807) is 37.5 Å². The van der Waals surface area contributed by atoms with Gasteiger partial charge < -0.3 is 9.73 Å². The van der Waals surface area contributed by atoms with E-state index in [2.05, 4.69) is 15.3 Å². The van der Waals surface area contributed by atoms with Crippen molar-refractivity contribution < 1.29 is 14.0 Å². The van der Waals surface area contributed by atoms with Crippen LogP contribution in [-0.2, 0) is 22.3 Å². The predicted molar refractivity (Wildman–Crippen MR) is 85.9 cm³/mol. The SMILES string of the molecule is CC(C)(C)c1cnc(CN2C(=O)NC(C)(c3ccccn3)C2=O)o1. The van der Waals surface area contributed by atoms with Gasteiger partial charge in [-0.15, -0.1) is 0 Å². The summed E-state index contributed by atoms with van der Waals surface area (Å²) in [6.07, 6.45) is 3.22. The van der Waals surface area contributed by atoms with Crippen molar-refractivity contribution in [2.24, 2.45) is 0 Å². The Morgan fingerprint density at radius 2 is 2.00 bits per heavy atom. The number of carbonyl (C=O) groups excluding carboxylic acids is 2. The van der Waals surface area contributed by atoms with Gasteiger partial charge in [0.2, 0.25) is 5.89 Å². The van der Waals surface area contributed by atoms with E-state index >= 15 is 0 Å². The standard InChI is InChI=1S/C17H20N4O3/c1-16(2,3)12-9-19-13(24-12)10-21-14(22)17(4,20-15(21)23)11-7-5-6-8-18-11/h5-9H,10H2,1-4H3,(H,20,23). The second kappa shape index (κ2) is 5.43. The molecule has 3 heterocycles. The van der Waals surface area contributed by atoms with E-state index < -0.39 is 11.6 Å². The lowest BCUT2D eigenvalue weighted by Gasteiger charge is -2.20. The minimum atomic E-state index is -1.18. The van der Waals surface area contributed by atoms with Crippen LogP contribution in [0, 0.1) is 0 Å². The van der Waals surface area contributed by atoms with E-state index in [0.717, 1.165) is 4.90 Å². The Morgan fingerprint density at radius 1 is 1.25 bits per heavy atom. The van der Waals surface area contributed by atoms with E-state index in [9.17, 15) is 9.59 Å². The van der Waals surface area contributed by atoms with Crippen molar-refractivity contribution in [2.75, 3.05) is 0 Å². The lowest BCUT2D eigenvalue weighted by atomic mass is 9.94. The molecule has 1 atom stereocenters. The van der Waals surface area contributed by atoms with Gasteiger partial charge in [-0.25, -0.2) is 9.78 Å². The van der Waals surface area contributed by atoms with Crippen LogP contribution in [-0.4, -0.2) is 26.8 Å². The lowest BCUT2D eigenvalue weighted by molar-refractivity contribution is -0.131. The Hall–Kier alpha value is -2.70. The third kappa shape index (κ3) is 2.66. The Kier molecular flexibility index (Phi) is 3.66. The van der Waals surface area contributed by atoms with Crippen LogP contribution in [0.1, 0.15) is 45.0 Å². The maximum absolute atomic E-state index is 12.8. The number of pyridine rings is 1. The number of urea groups is 1. The molecule has 1 unspecified atom stereocenters. The number of aromatic nitrogens is 2. The van der Waals surface area contributed by atoms with Crippen molar-refractivity contribution in [3.63, 3.8) is 0 Å². The highest BCUT2D eigenvalue weighted by Crippen LogP contribution is 2.29. The van der Waals surface area contributed by atoms with Crippen molar-refractivity contribution in [2.45, 2.75) is 45.2 Å². The molecular formula is C17H20N4O3. The molecule has 1 saturated heterocycles. The molecule has 1 aliphatic rings. The third-order valence-electron chi connectivity index (χ3n) is 4.04. The largest absolute Gasteiger partial charge is 0.443 e. The minimum absolute atomic E-state index is 0.0107. The maximum atomic E-state index is 12.8. The minimum Gasteiger partial charge on any atom is -0.443 e. The highest BCUT2D eigenvalue weighted by Gasteiger charge is 2.50. The topological polar surface area (TPSA) is 88.3 Å². The zero-order valence-electron chi connectivity index (χ0n) is 14.2. The Morgan fingerprint density at radius 3 is 2.58 bits per heavy atom. The van der Waals surface area contributed by atoms with Gasteiger partial charge in [0.15, 0.2) is 5.54 Å². The van der Waals surface area contributed by atoms with Gasteiger partial charge in [-0.2, -0.15) is 0 Å². The van der Waals surface area contributed by atoms with E-state index in [1.165, 1.54) is 0 Å². The molecule has 7 heteroatoms. The van der Waals surface area contributed by atoms with Gasteiger partial charge in [0.25, 0.3) is 5.91 Å². The van der Waals surface area contributed by atoms with Crippen LogP contribution in [0.2, 0.25) is 0 Å². The van der Waals surface area contributed by atoms with Gasteiger partial charge in [0.1, 0.15) is 12.3 Å². The van der Waals surface area contributed by atoms with Crippen LogP contribution in [0.15, 0.2) is 35.0 Å². The normalized spacial score (nSPS) is 21.2. The quantitative estimate of drug-likeness (QED) is 0.874. The smallest absolute Gasteiger partial charge is 0.325 e. The number of hydrogen-bond donors (Lipinski definition) is 1. The number of oxazole rings is 1. The molecule has 0 saturated carbocycles. The van der Waals surface area contributed by atoms with E-state index in [1.807, 2.05) is 20.8 Å². The molecule has 7 nitrogen and oxygen atoms in total. The van der Waals surface area contributed by atoms with Crippen molar-refractivity contribution in [1.82, 2.24) is 20.2 Å². The van der Waals surface area contributed by atoms with Gasteiger partial charge in [-0.05, 0) is 19.1 Å². The van der Waals surface area contributed by atoms with Gasteiger partial charge in [-0.1, -0.05) is 26.8 Å². The van der Waals surface area contributed by atoms with Crippen LogP contribution in [0.3, 0.4) is 0 Å². The average molecular weight is 328 g/mol. The first-order chi connectivity index (χ1) is 11.2. The third-order valence-corrected chi connectivity index (χ3v) is 4.04. The molecule has 0 spiro atoms. The summed E-state index contributed by atoms with van der Waals surface area (Å²) in [6.45, 7) is 7.64. The molecular weight excluding hydrogens is 308 g/mol. The summed E-state index contributed by atoms with van der Waals surface area (Å²) in [7, 11) is 0. The Labute approximate surface area is 140 Å². The summed E-state index contributed by atoms with van der Waals surface area (Å²) in [6, 6.07) is 4.76. The molecule has 1 N–H and O–H groups in total. The van der Waals surface area contributed by atoms with Crippen molar-refractivity contribution in [3.8, 4) is 0 Å². The molecule has 1 aliphatic heterocycles. The fourth-order valence-electron chi connectivity index (χ4n) is 2.54. The molecule has 0 radical (unpaired) electrons. The number of hydrogen-bond acceptors (Lipinski definition) is 5. The second-order valence-electron chi connectivity index (χ2n) is 7.03. The molecule has 3 rings (SSSR count). The fraction of sp³-hybridized carbons (Fsp3) is 0.412. The van der Waals surface area contributed by atoms with Crippen molar-refractivity contribution in [3.05, 3.63) is 47.9 Å². The lowest BCUT2D eigenvalue weighted by Crippen LogP contribution is -2.41. The van der Waals surface area contributed by atoms with Crippen LogP contribution < -0.4 is 5.32 Å². The summed E-state index contributed by atoms with van der Waals surface area (Å²) in [5, 5.41) is 2.71. The monoisotopic (exact) mass is 328 g/mol. The number of imide groups is 1. The summed E-state index contributed by atoms with van der Waals surface area (Å²) in [4.78, 5) is 34.5. The zero-order valence-corrected chi connectivity index (χ0v) is 14.2. The molecule has 2 aromatic heterocycles. The summed E-state index contributed by atoms with van der Waals surface area (Å²) in [5.41, 5.74) is -0.878. The average Bonchev–Trinajstić information content (AvgIpc) is 3.08. The van der Waals surface area contributed by atoms with E-state index in [0.29, 0.717) is 17.3 Å². The van der Waals surface area contributed by atoms with Gasteiger partial charge in [0, 0.05) is 11.6 Å². The van der Waals surface area contributed by atoms with Crippen molar-refractivity contribution >= 4 is 11.9 Å². The van der Waals surface area contributed by atoms with Crippen LogP contribution in [0.25, 0.3) is 0 Å².